The molecule has 1 atom stereocenters. The zero-order chi connectivity index (χ0) is 10.1. The smallest absolute Gasteiger partial charge is 0.379 e. The first kappa shape index (κ1) is 10.1. The maximum absolute atomic E-state index is 12.0. The third kappa shape index (κ3) is 2.24. The van der Waals surface area contributed by atoms with Crippen molar-refractivity contribution in [2.75, 3.05) is 0 Å². The molecule has 1 N–H and O–H groups in total. The van der Waals surface area contributed by atoms with Crippen LogP contribution in [-0.2, 0) is 6.54 Å². The fraction of sp³-hybridized carbons (Fsp3) is 0.500. The molecule has 0 aliphatic heterocycles. The van der Waals surface area contributed by atoms with Crippen LogP contribution in [0, 0.1) is 0 Å². The van der Waals surface area contributed by atoms with E-state index < -0.39 is 12.3 Å². The lowest BCUT2D eigenvalue weighted by atomic mass is 10.2. The minimum Gasteiger partial charge on any atom is -0.379 e. The molecule has 2 nitrogen and oxygen atoms in total. The summed E-state index contributed by atoms with van der Waals surface area (Å²) in [5.74, 6) is 0. The Labute approximate surface area is 73.6 Å². The van der Waals surface area contributed by atoms with Crippen LogP contribution in [0.25, 0.3) is 0 Å². The van der Waals surface area contributed by atoms with E-state index in [0.29, 0.717) is 6.54 Å². The van der Waals surface area contributed by atoms with Crippen molar-refractivity contribution in [2.45, 2.75) is 25.7 Å². The number of alkyl halides is 3. The highest BCUT2D eigenvalue weighted by atomic mass is 19.4. The Morgan fingerprint density at radius 2 is 2.15 bits per heavy atom. The number of aromatic nitrogens is 1. The Hall–Kier alpha value is -0.970. The van der Waals surface area contributed by atoms with Crippen molar-refractivity contribution in [3.8, 4) is 0 Å². The van der Waals surface area contributed by atoms with Crippen LogP contribution in [0.15, 0.2) is 18.5 Å². The van der Waals surface area contributed by atoms with Crippen LogP contribution in [-0.4, -0.2) is 15.8 Å². The van der Waals surface area contributed by atoms with E-state index in [1.54, 1.807) is 4.57 Å². The summed E-state index contributed by atoms with van der Waals surface area (Å²) in [5, 5.41) is 8.83. The van der Waals surface area contributed by atoms with Gasteiger partial charge in [-0.2, -0.15) is 13.2 Å². The van der Waals surface area contributed by atoms with E-state index >= 15 is 0 Å². The lowest BCUT2D eigenvalue weighted by Crippen LogP contribution is -2.19. The Kier molecular flexibility index (Phi) is 2.66. The van der Waals surface area contributed by atoms with Gasteiger partial charge in [-0.1, -0.05) is 0 Å². The molecule has 1 aromatic rings. The summed E-state index contributed by atoms with van der Waals surface area (Å²) in [5.41, 5.74) is -0.116. The fourth-order valence-corrected chi connectivity index (χ4v) is 1.01. The number of nitrogens with zero attached hydrogens (tertiary/aromatic N) is 1. The van der Waals surface area contributed by atoms with E-state index in [1.165, 1.54) is 18.5 Å². The molecule has 1 unspecified atom stereocenters. The Balaban J connectivity index is 2.83. The molecule has 13 heavy (non-hydrogen) atoms. The lowest BCUT2D eigenvalue weighted by molar-refractivity contribution is -0.206. The maximum atomic E-state index is 12.0. The molecule has 0 amide bonds. The van der Waals surface area contributed by atoms with Gasteiger partial charge in [0, 0.05) is 24.5 Å². The minimum atomic E-state index is -4.58. The van der Waals surface area contributed by atoms with Gasteiger partial charge in [-0.05, 0) is 13.0 Å². The van der Waals surface area contributed by atoms with Crippen molar-refractivity contribution in [3.63, 3.8) is 0 Å². The number of hydrogen-bond donors (Lipinski definition) is 1. The maximum Gasteiger partial charge on any atom is 0.418 e. The second-order valence-corrected chi connectivity index (χ2v) is 2.72. The largest absolute Gasteiger partial charge is 0.418 e. The molecular formula is C8H10F3NO. The van der Waals surface area contributed by atoms with Crippen LogP contribution in [0.1, 0.15) is 18.6 Å². The van der Waals surface area contributed by atoms with Gasteiger partial charge in [0.25, 0.3) is 0 Å². The zero-order valence-electron chi connectivity index (χ0n) is 7.04. The molecule has 0 spiro atoms. The highest BCUT2D eigenvalue weighted by Crippen LogP contribution is 2.32. The van der Waals surface area contributed by atoms with Crippen molar-refractivity contribution in [1.82, 2.24) is 4.57 Å². The zero-order valence-corrected chi connectivity index (χ0v) is 7.04. The summed E-state index contributed by atoms with van der Waals surface area (Å²) in [4.78, 5) is 0. The predicted molar refractivity (Wildman–Crippen MR) is 41.1 cm³/mol. The second-order valence-electron chi connectivity index (χ2n) is 2.72. The number of halogens is 3. The molecule has 0 radical (unpaired) electrons. The third-order valence-corrected chi connectivity index (χ3v) is 1.76. The first-order valence-electron chi connectivity index (χ1n) is 3.85. The van der Waals surface area contributed by atoms with Crippen molar-refractivity contribution < 1.29 is 18.3 Å². The Bertz CT molecular complexity index is 279. The topological polar surface area (TPSA) is 25.2 Å². The average Bonchev–Trinajstić information content (AvgIpc) is 2.48. The van der Waals surface area contributed by atoms with Gasteiger partial charge in [0.15, 0.2) is 6.10 Å². The molecule has 5 heteroatoms. The highest BCUT2D eigenvalue weighted by molar-refractivity contribution is 5.14. The number of rotatable bonds is 2. The van der Waals surface area contributed by atoms with Gasteiger partial charge >= 0.3 is 6.18 Å². The van der Waals surface area contributed by atoms with Crippen LogP contribution >= 0.6 is 0 Å². The van der Waals surface area contributed by atoms with E-state index in [0.717, 1.165) is 0 Å². The SMILES string of the molecule is CCn1ccc(C(O)C(F)(F)F)c1. The van der Waals surface area contributed by atoms with Crippen LogP contribution in [0.2, 0.25) is 0 Å². The molecule has 1 heterocycles. The normalized spacial score (nSPS) is 14.5. The average molecular weight is 193 g/mol. The predicted octanol–water partition coefficient (Wildman–Crippen LogP) is 2.10. The van der Waals surface area contributed by atoms with Crippen LogP contribution in [0.5, 0.6) is 0 Å². The Morgan fingerprint density at radius 1 is 1.54 bits per heavy atom. The van der Waals surface area contributed by atoms with Crippen LogP contribution < -0.4 is 0 Å². The van der Waals surface area contributed by atoms with Gasteiger partial charge in [-0.3, -0.25) is 0 Å². The molecule has 1 aromatic heterocycles. The van der Waals surface area contributed by atoms with E-state index in [1.807, 2.05) is 6.92 Å². The lowest BCUT2D eigenvalue weighted by Gasteiger charge is -2.12. The molecule has 0 fully saturated rings. The minimum absolute atomic E-state index is 0.116. The summed E-state index contributed by atoms with van der Waals surface area (Å²) >= 11 is 0. The van der Waals surface area contributed by atoms with Crippen molar-refractivity contribution in [2.24, 2.45) is 0 Å². The fourth-order valence-electron chi connectivity index (χ4n) is 1.01. The number of aliphatic hydroxyl groups excluding tert-OH is 1. The van der Waals surface area contributed by atoms with Gasteiger partial charge in [-0.15, -0.1) is 0 Å². The quantitative estimate of drug-likeness (QED) is 0.764. The Morgan fingerprint density at radius 3 is 2.54 bits per heavy atom. The molecular weight excluding hydrogens is 183 g/mol. The van der Waals surface area contributed by atoms with Gasteiger partial charge in [0.2, 0.25) is 0 Å². The van der Waals surface area contributed by atoms with E-state index in [2.05, 4.69) is 0 Å². The van der Waals surface area contributed by atoms with Gasteiger partial charge in [0.05, 0.1) is 0 Å². The van der Waals surface area contributed by atoms with Gasteiger partial charge in [-0.25, -0.2) is 0 Å². The summed E-state index contributed by atoms with van der Waals surface area (Å²) < 4.78 is 37.5. The molecule has 0 saturated heterocycles. The van der Waals surface area contributed by atoms with Crippen molar-refractivity contribution >= 4 is 0 Å². The summed E-state index contributed by atoms with van der Waals surface area (Å²) in [7, 11) is 0. The van der Waals surface area contributed by atoms with E-state index in [9.17, 15) is 13.2 Å². The monoisotopic (exact) mass is 193 g/mol. The van der Waals surface area contributed by atoms with Crippen LogP contribution in [0.4, 0.5) is 13.2 Å². The number of aryl methyl sites for hydroxylation is 1. The molecule has 74 valence electrons. The van der Waals surface area contributed by atoms with Crippen molar-refractivity contribution in [3.05, 3.63) is 24.0 Å². The number of hydrogen-bond acceptors (Lipinski definition) is 1. The highest BCUT2D eigenvalue weighted by Gasteiger charge is 2.39. The van der Waals surface area contributed by atoms with Crippen LogP contribution in [0.3, 0.4) is 0 Å². The first-order chi connectivity index (χ1) is 5.95. The van der Waals surface area contributed by atoms with E-state index in [4.69, 9.17) is 5.11 Å². The third-order valence-electron chi connectivity index (χ3n) is 1.76. The molecule has 0 saturated carbocycles. The molecule has 0 aliphatic rings. The van der Waals surface area contributed by atoms with Gasteiger partial charge < -0.3 is 9.67 Å². The summed E-state index contributed by atoms with van der Waals surface area (Å²) in [6.07, 6.45) is -4.16. The summed E-state index contributed by atoms with van der Waals surface area (Å²) in [6.45, 7) is 2.40. The van der Waals surface area contributed by atoms with Gasteiger partial charge in [0.1, 0.15) is 0 Å². The standard InChI is InChI=1S/C8H10F3NO/c1-2-12-4-3-6(5-12)7(13)8(9,10)11/h3-5,7,13H,2H2,1H3. The number of aliphatic hydroxyl groups is 1. The molecule has 0 aromatic carbocycles. The molecule has 1 rings (SSSR count). The molecule has 0 bridgehead atoms. The van der Waals surface area contributed by atoms with Crippen molar-refractivity contribution in [1.29, 1.82) is 0 Å². The second kappa shape index (κ2) is 3.41. The first-order valence-corrected chi connectivity index (χ1v) is 3.85. The van der Waals surface area contributed by atoms with E-state index in [-0.39, 0.29) is 5.56 Å². The molecule has 0 aliphatic carbocycles. The summed E-state index contributed by atoms with van der Waals surface area (Å²) in [6, 6.07) is 1.27.